The zero-order valence-electron chi connectivity index (χ0n) is 33.9. The molecule has 4 aliphatic heterocycles. The van der Waals surface area contributed by atoms with Gasteiger partial charge in [-0.1, -0.05) is 49.4 Å². The SMILES string of the molecule is C/C=C/CC1CCC2C1(C)CCC1C3(C)CCC(OC(=O)COCc4cn(CC(=O)Nc5cccc6c5C(=O)N(C5CCC(=O)NC5=O)C6=O)nn4)C[C@]34C=C[C@]21CO4. The van der Waals surface area contributed by atoms with Gasteiger partial charge in [-0.15, -0.1) is 5.10 Å². The average Bonchev–Trinajstić information content (AvgIpc) is 3.87. The molecule has 15 heteroatoms. The molecular weight excluding hydrogens is 757 g/mol. The van der Waals surface area contributed by atoms with Crippen molar-refractivity contribution in [1.82, 2.24) is 25.2 Å². The minimum Gasteiger partial charge on any atom is -0.461 e. The zero-order chi connectivity index (χ0) is 41.3. The number of fused-ring (bicyclic) bond motifs is 3. The van der Waals surface area contributed by atoms with Crippen molar-refractivity contribution >= 4 is 41.2 Å². The molecule has 8 aliphatic rings. The second-order valence-corrected chi connectivity index (χ2v) is 18.2. The van der Waals surface area contributed by atoms with Crippen LogP contribution in [0.5, 0.6) is 0 Å². The highest BCUT2D eigenvalue weighted by Gasteiger charge is 2.72. The van der Waals surface area contributed by atoms with Crippen LogP contribution < -0.4 is 10.6 Å². The topological polar surface area (TPSA) is 188 Å². The van der Waals surface area contributed by atoms with Crippen molar-refractivity contribution in [2.24, 2.45) is 34.0 Å². The van der Waals surface area contributed by atoms with E-state index < -0.39 is 47.1 Å². The number of carbonyl (C=O) groups excluding carboxylic acids is 6. The fraction of sp³-hybridized carbons (Fsp3) is 0.591. The molecule has 2 saturated heterocycles. The van der Waals surface area contributed by atoms with E-state index in [4.69, 9.17) is 14.2 Å². The molecule has 3 saturated carbocycles. The number of allylic oxidation sites excluding steroid dienone is 2. The number of carbonyl (C=O) groups is 6. The predicted octanol–water partition coefficient (Wildman–Crippen LogP) is 4.67. The van der Waals surface area contributed by atoms with Crippen LogP contribution in [0.4, 0.5) is 5.69 Å². The molecule has 15 nitrogen and oxygen atoms in total. The minimum absolute atomic E-state index is 0.00385. The van der Waals surface area contributed by atoms with Crippen LogP contribution in [0.15, 0.2) is 48.7 Å². The van der Waals surface area contributed by atoms with Gasteiger partial charge in [-0.3, -0.25) is 34.2 Å². The molecule has 10 rings (SSSR count). The number of imide groups is 2. The number of anilines is 1. The van der Waals surface area contributed by atoms with Gasteiger partial charge in [0.1, 0.15) is 31.0 Å². The van der Waals surface area contributed by atoms with Crippen molar-refractivity contribution in [3.05, 3.63) is 65.5 Å². The van der Waals surface area contributed by atoms with Crippen LogP contribution in [0, 0.1) is 34.0 Å². The van der Waals surface area contributed by atoms with Gasteiger partial charge in [0.2, 0.25) is 17.7 Å². The van der Waals surface area contributed by atoms with E-state index in [1.165, 1.54) is 54.8 Å². The van der Waals surface area contributed by atoms with Gasteiger partial charge >= 0.3 is 5.97 Å². The lowest BCUT2D eigenvalue weighted by molar-refractivity contribution is -0.284. The van der Waals surface area contributed by atoms with Crippen LogP contribution in [0.3, 0.4) is 0 Å². The maximum absolute atomic E-state index is 13.4. The van der Waals surface area contributed by atoms with Crippen LogP contribution in [-0.4, -0.2) is 86.4 Å². The van der Waals surface area contributed by atoms with E-state index in [9.17, 15) is 28.8 Å². The first-order valence-electron chi connectivity index (χ1n) is 21.1. The molecule has 2 aromatic rings. The average molecular weight is 809 g/mol. The standard InChI is InChI=1S/C44H52N6O9/c1-4-5-7-26-10-12-32-41(26,2)16-15-33-42(3)17-14-28(20-44(42)19-18-43(32,33)25-58-44)59-36(53)24-57-23-27-21-49(48-47-27)22-35(52)45-30-9-6-8-29-37(30)40(56)50(39(29)55)31-11-13-34(51)46-38(31)54/h4-6,8-9,18-19,21,26,28,31-33H,7,10-17,20,22-25H2,1-3H3,(H,45,52)(H,46,51,54)/b5-4+/t26?,28?,31?,32?,33?,41?,42?,43-,44+/m0/s1. The summed E-state index contributed by atoms with van der Waals surface area (Å²) in [6.07, 6.45) is 19.2. The molecule has 1 aromatic heterocycles. The van der Waals surface area contributed by atoms with Crippen molar-refractivity contribution in [3.63, 3.8) is 0 Å². The number of esters is 1. The number of amides is 5. The Morgan fingerprint density at radius 1 is 1.03 bits per heavy atom. The largest absolute Gasteiger partial charge is 0.461 e. The van der Waals surface area contributed by atoms with Crippen molar-refractivity contribution in [2.45, 2.75) is 116 Å². The molecule has 2 bridgehead atoms. The number of nitrogens with zero attached hydrogens (tertiary/aromatic N) is 4. The van der Waals surface area contributed by atoms with E-state index in [2.05, 4.69) is 66.0 Å². The number of piperidine rings is 1. The van der Waals surface area contributed by atoms with Gasteiger partial charge in [-0.2, -0.15) is 0 Å². The van der Waals surface area contributed by atoms with E-state index in [-0.39, 0.29) is 66.3 Å². The van der Waals surface area contributed by atoms with E-state index in [1.807, 2.05) is 0 Å². The number of benzene rings is 1. The van der Waals surface area contributed by atoms with Crippen molar-refractivity contribution < 1.29 is 43.0 Å². The second kappa shape index (κ2) is 14.6. The van der Waals surface area contributed by atoms with Gasteiger partial charge < -0.3 is 19.5 Å². The third kappa shape index (κ3) is 6.29. The number of aromatic nitrogens is 3. The zero-order valence-corrected chi connectivity index (χ0v) is 33.9. The Balaban J connectivity index is 0.763. The second-order valence-electron chi connectivity index (χ2n) is 18.2. The van der Waals surface area contributed by atoms with Gasteiger partial charge in [-0.25, -0.2) is 9.48 Å². The maximum Gasteiger partial charge on any atom is 0.332 e. The first-order chi connectivity index (χ1) is 28.3. The molecule has 2 spiro atoms. The third-order valence-corrected chi connectivity index (χ3v) is 15.4. The molecule has 9 atom stereocenters. The molecular formula is C44H52N6O9. The number of nitrogens with one attached hydrogen (secondary N) is 2. The van der Waals surface area contributed by atoms with Gasteiger partial charge in [0, 0.05) is 23.7 Å². The van der Waals surface area contributed by atoms with Crippen LogP contribution in [0.2, 0.25) is 0 Å². The molecule has 1 aromatic carbocycles. The lowest BCUT2D eigenvalue weighted by atomic mass is 9.38. The number of ether oxygens (including phenoxy) is 3. The van der Waals surface area contributed by atoms with Crippen LogP contribution in [0.1, 0.15) is 111 Å². The summed E-state index contributed by atoms with van der Waals surface area (Å²) in [6, 6.07) is 3.33. The highest BCUT2D eigenvalue weighted by Crippen LogP contribution is 2.74. The number of hydrogen-bond acceptors (Lipinski definition) is 11. The Morgan fingerprint density at radius 3 is 2.66 bits per heavy atom. The van der Waals surface area contributed by atoms with Crippen LogP contribution in [0.25, 0.3) is 0 Å². The molecule has 5 amide bonds. The fourth-order valence-electron chi connectivity index (χ4n) is 12.5. The summed E-state index contributed by atoms with van der Waals surface area (Å²) < 4.78 is 19.9. The Labute approximate surface area is 342 Å². The highest BCUT2D eigenvalue weighted by atomic mass is 16.6. The monoisotopic (exact) mass is 808 g/mol. The van der Waals surface area contributed by atoms with Gasteiger partial charge in [-0.05, 0) is 93.6 Å². The molecule has 0 radical (unpaired) electrons. The third-order valence-electron chi connectivity index (χ3n) is 15.4. The summed E-state index contributed by atoms with van der Waals surface area (Å²) in [5.41, 5.74) is 0.453. The van der Waals surface area contributed by atoms with Gasteiger partial charge in [0.25, 0.3) is 11.8 Å². The Hall–Kier alpha value is -5.02. The summed E-state index contributed by atoms with van der Waals surface area (Å²) in [4.78, 5) is 77.5. The van der Waals surface area contributed by atoms with E-state index in [1.54, 1.807) is 0 Å². The van der Waals surface area contributed by atoms with Crippen LogP contribution >= 0.6 is 0 Å². The summed E-state index contributed by atoms with van der Waals surface area (Å²) in [5.74, 6) is -1.70. The lowest BCUT2D eigenvalue weighted by Crippen LogP contribution is -2.71. The summed E-state index contributed by atoms with van der Waals surface area (Å²) in [7, 11) is 0. The normalized spacial score (nSPS) is 35.6. The number of rotatable bonds is 11. The van der Waals surface area contributed by atoms with Crippen LogP contribution in [-0.2, 0) is 46.5 Å². The highest BCUT2D eigenvalue weighted by molar-refractivity contribution is 6.26. The van der Waals surface area contributed by atoms with Gasteiger partial charge in [0.15, 0.2) is 0 Å². The fourth-order valence-corrected chi connectivity index (χ4v) is 12.5. The van der Waals surface area contributed by atoms with E-state index in [0.29, 0.717) is 29.4 Å². The summed E-state index contributed by atoms with van der Waals surface area (Å²) in [6.45, 7) is 7.26. The molecule has 7 unspecified atom stereocenters. The Kier molecular flexibility index (Phi) is 9.77. The molecule has 312 valence electrons. The molecule has 2 N–H and O–H groups in total. The van der Waals surface area contributed by atoms with Crippen molar-refractivity contribution in [2.75, 3.05) is 18.5 Å². The summed E-state index contributed by atoms with van der Waals surface area (Å²) >= 11 is 0. The van der Waals surface area contributed by atoms with Gasteiger partial charge in [0.05, 0.1) is 41.8 Å². The minimum atomic E-state index is -1.13. The lowest BCUT2D eigenvalue weighted by Gasteiger charge is -2.71. The molecule has 59 heavy (non-hydrogen) atoms. The van der Waals surface area contributed by atoms with Crippen molar-refractivity contribution in [3.8, 4) is 0 Å². The summed E-state index contributed by atoms with van der Waals surface area (Å²) in [5, 5.41) is 12.9. The number of hydrogen-bond donors (Lipinski definition) is 2. The molecule has 4 aliphatic carbocycles. The quantitative estimate of drug-likeness (QED) is 0.183. The van der Waals surface area contributed by atoms with Crippen molar-refractivity contribution in [1.29, 1.82) is 0 Å². The maximum atomic E-state index is 13.4. The predicted molar refractivity (Wildman–Crippen MR) is 210 cm³/mol. The first-order valence-corrected chi connectivity index (χ1v) is 21.1. The molecule has 5 heterocycles. The Morgan fingerprint density at radius 2 is 1.88 bits per heavy atom. The molecule has 5 fully saturated rings. The van der Waals surface area contributed by atoms with E-state index >= 15 is 0 Å². The van der Waals surface area contributed by atoms with E-state index in [0.717, 1.165) is 36.7 Å². The first kappa shape index (κ1) is 39.4. The smallest absolute Gasteiger partial charge is 0.332 e. The Bertz CT molecular complexity index is 2180.